The van der Waals surface area contributed by atoms with E-state index in [4.69, 9.17) is 4.74 Å². The number of hydrogen-bond donors (Lipinski definition) is 2. The van der Waals surface area contributed by atoms with Crippen LogP contribution in [0.5, 0.6) is 5.75 Å². The monoisotopic (exact) mass is 563 g/mol. The summed E-state index contributed by atoms with van der Waals surface area (Å²) in [5.74, 6) is 2.38. The van der Waals surface area contributed by atoms with Gasteiger partial charge in [-0.05, 0) is 61.9 Å². The minimum atomic E-state index is 0. The second kappa shape index (κ2) is 12.3. The average molecular weight is 564 g/mol. The lowest BCUT2D eigenvalue weighted by Gasteiger charge is -2.23. The first kappa shape index (κ1) is 25.5. The number of ether oxygens (including phenoxy) is 1. The summed E-state index contributed by atoms with van der Waals surface area (Å²) in [6.45, 7) is 7.53. The highest BCUT2D eigenvalue weighted by molar-refractivity contribution is 14.0. The van der Waals surface area contributed by atoms with Crippen LogP contribution < -0.4 is 25.2 Å². The number of methoxy groups -OCH3 is 1. The summed E-state index contributed by atoms with van der Waals surface area (Å²) in [7, 11) is 3.59. The van der Waals surface area contributed by atoms with E-state index in [1.165, 1.54) is 42.9 Å². The van der Waals surface area contributed by atoms with Crippen molar-refractivity contribution < 1.29 is 4.74 Å². The molecule has 2 N–H and O–H groups in total. The zero-order valence-corrected chi connectivity index (χ0v) is 22.4. The fourth-order valence-electron chi connectivity index (χ4n) is 4.80. The number of nitrogens with zero attached hydrogens (tertiary/aromatic N) is 3. The lowest BCUT2D eigenvalue weighted by molar-refractivity contribution is 0.414. The van der Waals surface area contributed by atoms with Crippen LogP contribution in [-0.4, -0.2) is 52.8 Å². The van der Waals surface area contributed by atoms with E-state index >= 15 is 0 Å². The van der Waals surface area contributed by atoms with Crippen LogP contribution in [0.25, 0.3) is 0 Å². The minimum absolute atomic E-state index is 0. The summed E-state index contributed by atoms with van der Waals surface area (Å²) in [6, 6.07) is 17.4. The van der Waals surface area contributed by atoms with Gasteiger partial charge in [0.2, 0.25) is 0 Å². The standard InChI is InChI=1S/C26H37N5O.HI/c1-20(22-9-8-10-23(17-22)30-14-6-7-15-30)29-26(27-2)28-18-21-13-16-31(19-21)24-11-4-5-12-25(24)32-3;/h4-5,8-12,17,20-21H,6-7,13-16,18-19H2,1-3H3,(H2,27,28,29);1H. The van der Waals surface area contributed by atoms with Crippen LogP contribution in [0.2, 0.25) is 0 Å². The number of nitrogens with one attached hydrogen (secondary N) is 2. The van der Waals surface area contributed by atoms with E-state index in [-0.39, 0.29) is 30.0 Å². The van der Waals surface area contributed by atoms with E-state index in [0.717, 1.165) is 37.8 Å². The van der Waals surface area contributed by atoms with E-state index < -0.39 is 0 Å². The van der Waals surface area contributed by atoms with Crippen molar-refractivity contribution in [2.45, 2.75) is 32.2 Å². The quantitative estimate of drug-likeness (QED) is 0.292. The summed E-state index contributed by atoms with van der Waals surface area (Å²) in [6.07, 6.45) is 3.75. The van der Waals surface area contributed by atoms with Crippen LogP contribution in [0.3, 0.4) is 0 Å². The molecule has 0 saturated carbocycles. The highest BCUT2D eigenvalue weighted by Crippen LogP contribution is 2.31. The lowest BCUT2D eigenvalue weighted by Crippen LogP contribution is -2.41. The van der Waals surface area contributed by atoms with E-state index in [2.05, 4.69) is 68.7 Å². The molecule has 0 amide bonds. The number of rotatable bonds is 7. The zero-order chi connectivity index (χ0) is 22.3. The molecule has 2 aliphatic heterocycles. The van der Waals surface area contributed by atoms with Crippen LogP contribution in [0.15, 0.2) is 53.5 Å². The van der Waals surface area contributed by atoms with E-state index in [1.54, 1.807) is 7.11 Å². The lowest BCUT2D eigenvalue weighted by atomic mass is 10.1. The van der Waals surface area contributed by atoms with E-state index in [0.29, 0.717) is 5.92 Å². The van der Waals surface area contributed by atoms with Crippen LogP contribution in [0.4, 0.5) is 11.4 Å². The van der Waals surface area contributed by atoms with Gasteiger partial charge in [-0.1, -0.05) is 24.3 Å². The van der Waals surface area contributed by atoms with Gasteiger partial charge in [-0.3, -0.25) is 4.99 Å². The average Bonchev–Trinajstić information content (AvgIpc) is 3.54. The predicted molar refractivity (Wildman–Crippen MR) is 150 cm³/mol. The Morgan fingerprint density at radius 1 is 1.09 bits per heavy atom. The van der Waals surface area contributed by atoms with Crippen molar-refractivity contribution in [3.05, 3.63) is 54.1 Å². The summed E-state index contributed by atoms with van der Waals surface area (Å²) < 4.78 is 5.55. The molecule has 2 aliphatic rings. The van der Waals surface area contributed by atoms with Gasteiger partial charge in [0.15, 0.2) is 5.96 Å². The smallest absolute Gasteiger partial charge is 0.191 e. The maximum absolute atomic E-state index is 5.55. The molecule has 6 nitrogen and oxygen atoms in total. The third kappa shape index (κ3) is 6.46. The fraction of sp³-hybridized carbons (Fsp3) is 0.500. The fourth-order valence-corrected chi connectivity index (χ4v) is 4.80. The summed E-state index contributed by atoms with van der Waals surface area (Å²) in [4.78, 5) is 9.38. The van der Waals surface area contributed by atoms with Crippen LogP contribution >= 0.6 is 24.0 Å². The third-order valence-corrected chi connectivity index (χ3v) is 6.69. The van der Waals surface area contributed by atoms with Gasteiger partial charge >= 0.3 is 0 Å². The zero-order valence-electron chi connectivity index (χ0n) is 20.1. The molecule has 180 valence electrons. The second-order valence-corrected chi connectivity index (χ2v) is 8.88. The number of anilines is 2. The van der Waals surface area contributed by atoms with Crippen molar-refractivity contribution in [1.82, 2.24) is 10.6 Å². The molecule has 2 saturated heterocycles. The number of guanidine groups is 1. The topological polar surface area (TPSA) is 52.1 Å². The van der Waals surface area contributed by atoms with Gasteiger partial charge in [-0.2, -0.15) is 0 Å². The Morgan fingerprint density at radius 3 is 2.64 bits per heavy atom. The van der Waals surface area contributed by atoms with Gasteiger partial charge in [0.25, 0.3) is 0 Å². The molecule has 2 heterocycles. The summed E-state index contributed by atoms with van der Waals surface area (Å²) >= 11 is 0. The van der Waals surface area contributed by atoms with Gasteiger partial charge < -0.3 is 25.2 Å². The largest absolute Gasteiger partial charge is 0.495 e. The first-order chi connectivity index (χ1) is 15.7. The van der Waals surface area contributed by atoms with Crippen LogP contribution in [-0.2, 0) is 0 Å². The van der Waals surface area contributed by atoms with Crippen molar-refractivity contribution in [1.29, 1.82) is 0 Å². The Hall–Kier alpha value is -2.16. The number of benzene rings is 2. The first-order valence-corrected chi connectivity index (χ1v) is 11.9. The molecule has 0 radical (unpaired) electrons. The number of halogens is 1. The molecule has 2 atom stereocenters. The predicted octanol–water partition coefficient (Wildman–Crippen LogP) is 4.67. The molecule has 0 spiro atoms. The maximum atomic E-state index is 5.55. The second-order valence-electron chi connectivity index (χ2n) is 8.88. The number of para-hydroxylation sites is 2. The molecular weight excluding hydrogens is 525 g/mol. The van der Waals surface area contributed by atoms with Crippen LogP contribution in [0.1, 0.15) is 37.8 Å². The van der Waals surface area contributed by atoms with E-state index in [1.807, 2.05) is 19.2 Å². The maximum Gasteiger partial charge on any atom is 0.191 e. The molecule has 2 aromatic rings. The summed E-state index contributed by atoms with van der Waals surface area (Å²) in [5, 5.41) is 7.13. The normalized spacial score (nSPS) is 19.2. The van der Waals surface area contributed by atoms with Crippen molar-refractivity contribution in [3.8, 4) is 5.75 Å². The molecule has 33 heavy (non-hydrogen) atoms. The van der Waals surface area contributed by atoms with E-state index in [9.17, 15) is 0 Å². The minimum Gasteiger partial charge on any atom is -0.495 e. The first-order valence-electron chi connectivity index (χ1n) is 11.9. The Bertz CT molecular complexity index is 915. The Balaban J connectivity index is 0.00000306. The summed E-state index contributed by atoms with van der Waals surface area (Å²) in [5.41, 5.74) is 3.81. The number of aliphatic imine (C=N–C) groups is 1. The van der Waals surface area contributed by atoms with Gasteiger partial charge in [-0.15, -0.1) is 24.0 Å². The van der Waals surface area contributed by atoms with Crippen molar-refractivity contribution >= 4 is 41.3 Å². The SMILES string of the molecule is CN=C(NCC1CCN(c2ccccc2OC)C1)NC(C)c1cccc(N2CCCC2)c1.I. The molecule has 2 fully saturated rings. The molecule has 2 aromatic carbocycles. The van der Waals surface area contributed by atoms with Crippen molar-refractivity contribution in [3.63, 3.8) is 0 Å². The molecule has 4 rings (SSSR count). The van der Waals surface area contributed by atoms with Gasteiger partial charge in [0, 0.05) is 45.5 Å². The third-order valence-electron chi connectivity index (χ3n) is 6.69. The van der Waals surface area contributed by atoms with Crippen molar-refractivity contribution in [2.24, 2.45) is 10.9 Å². The van der Waals surface area contributed by atoms with Gasteiger partial charge in [0.1, 0.15) is 5.75 Å². The van der Waals surface area contributed by atoms with Crippen molar-refractivity contribution in [2.75, 3.05) is 56.7 Å². The molecular formula is C26H38IN5O. The Labute approximate surface area is 215 Å². The number of hydrogen-bond acceptors (Lipinski definition) is 4. The molecule has 2 unspecified atom stereocenters. The molecule has 0 bridgehead atoms. The highest BCUT2D eigenvalue weighted by Gasteiger charge is 2.25. The Kier molecular flexibility index (Phi) is 9.52. The molecule has 0 aromatic heterocycles. The molecule has 0 aliphatic carbocycles. The van der Waals surface area contributed by atoms with Crippen LogP contribution in [0, 0.1) is 5.92 Å². The molecule has 7 heteroatoms. The highest BCUT2D eigenvalue weighted by atomic mass is 127. The Morgan fingerprint density at radius 2 is 1.88 bits per heavy atom. The van der Waals surface area contributed by atoms with Gasteiger partial charge in [0.05, 0.1) is 18.8 Å². The van der Waals surface area contributed by atoms with Gasteiger partial charge in [-0.25, -0.2) is 0 Å².